The van der Waals surface area contributed by atoms with Crippen LogP contribution < -0.4 is 24.4 Å². The molecule has 0 bridgehead atoms. The molecule has 0 fully saturated rings. The van der Waals surface area contributed by atoms with Gasteiger partial charge in [-0.2, -0.15) is 0 Å². The lowest BCUT2D eigenvalue weighted by molar-refractivity contribution is 0.0529. The molecule has 2 N–H and O–H groups in total. The quantitative estimate of drug-likeness (QED) is 0.279. The van der Waals surface area contributed by atoms with Crippen LogP contribution in [-0.2, 0) is 21.3 Å². The van der Waals surface area contributed by atoms with Crippen LogP contribution in [0.15, 0.2) is 76.1 Å². The fraction of sp³-hybridized carbons (Fsp3) is 0.321. The fourth-order valence-corrected chi connectivity index (χ4v) is 5.45. The smallest absolute Gasteiger partial charge is 0.407 e. The largest absolute Gasteiger partial charge is 0.497 e. The van der Waals surface area contributed by atoms with Gasteiger partial charge in [0, 0.05) is 29.8 Å². The molecule has 3 rings (SSSR count). The molecule has 0 aliphatic carbocycles. The maximum atomic E-state index is 13.2. The molecule has 1 amide bonds. The van der Waals surface area contributed by atoms with E-state index < -0.39 is 21.7 Å². The molecule has 0 saturated carbocycles. The van der Waals surface area contributed by atoms with Crippen LogP contribution in [-0.4, -0.2) is 47.4 Å². The molecule has 0 atom stereocenters. The van der Waals surface area contributed by atoms with E-state index in [2.05, 4.69) is 26.0 Å². The van der Waals surface area contributed by atoms with E-state index in [1.807, 2.05) is 35.2 Å². The molecular weight excluding hydrogens is 586 g/mol. The van der Waals surface area contributed by atoms with Gasteiger partial charge < -0.3 is 24.4 Å². The number of hydrogen-bond donors (Lipinski definition) is 2. The number of ether oxygens (including phenoxy) is 3. The lowest BCUT2D eigenvalue weighted by Crippen LogP contribution is -2.38. The third-order valence-corrected chi connectivity index (χ3v) is 7.36. The Bertz CT molecular complexity index is 1370. The molecule has 3 aromatic rings. The number of rotatable bonds is 11. The van der Waals surface area contributed by atoms with E-state index in [0.717, 1.165) is 17.0 Å². The average Bonchev–Trinajstić information content (AvgIpc) is 2.87. The SMILES string of the molecule is COc1ccc(CN(CCNC(=O)OC(C)(C)C)c2cccc(NS(=O)(=O)c3cc(Br)ccc3OC)c2)cc1. The first-order valence-corrected chi connectivity index (χ1v) is 14.5. The van der Waals surface area contributed by atoms with Gasteiger partial charge in [0.25, 0.3) is 10.0 Å². The van der Waals surface area contributed by atoms with Crippen LogP contribution >= 0.6 is 15.9 Å². The van der Waals surface area contributed by atoms with E-state index >= 15 is 0 Å². The number of benzene rings is 3. The van der Waals surface area contributed by atoms with E-state index in [-0.39, 0.29) is 10.6 Å². The third kappa shape index (κ3) is 9.07. The van der Waals surface area contributed by atoms with Crippen LogP contribution in [0.5, 0.6) is 11.5 Å². The molecule has 0 aliphatic rings. The molecule has 0 unspecified atom stereocenters. The Morgan fingerprint density at radius 2 is 1.69 bits per heavy atom. The molecule has 210 valence electrons. The maximum absolute atomic E-state index is 13.2. The van der Waals surface area contributed by atoms with Crippen molar-refractivity contribution in [3.05, 3.63) is 76.8 Å². The van der Waals surface area contributed by atoms with Gasteiger partial charge in [-0.15, -0.1) is 0 Å². The second kappa shape index (κ2) is 13.1. The van der Waals surface area contributed by atoms with Crippen molar-refractivity contribution in [2.45, 2.75) is 37.8 Å². The summed E-state index contributed by atoms with van der Waals surface area (Å²) >= 11 is 3.32. The van der Waals surface area contributed by atoms with E-state index in [1.54, 1.807) is 58.2 Å². The van der Waals surface area contributed by atoms with Gasteiger partial charge in [0.15, 0.2) is 0 Å². The van der Waals surface area contributed by atoms with Crippen molar-refractivity contribution >= 4 is 43.4 Å². The van der Waals surface area contributed by atoms with Crippen LogP contribution in [0.2, 0.25) is 0 Å². The zero-order chi connectivity index (χ0) is 28.6. The standard InChI is InChI=1S/C28H34BrN3O6S/c1-28(2,3)38-27(33)30-15-16-32(19-20-9-12-24(36-4)13-10-20)23-8-6-7-22(18-23)31-39(34,35)26-17-21(29)11-14-25(26)37-5/h6-14,17-18,31H,15-16,19H2,1-5H3,(H,30,33). The molecule has 3 aromatic carbocycles. The molecule has 0 radical (unpaired) electrons. The third-order valence-electron chi connectivity index (χ3n) is 5.46. The minimum Gasteiger partial charge on any atom is -0.497 e. The van der Waals surface area contributed by atoms with Gasteiger partial charge in [0.05, 0.1) is 19.9 Å². The number of halogens is 1. The number of methoxy groups -OCH3 is 2. The van der Waals surface area contributed by atoms with Gasteiger partial charge in [0.2, 0.25) is 0 Å². The van der Waals surface area contributed by atoms with Crippen LogP contribution in [0.1, 0.15) is 26.3 Å². The number of carbonyl (C=O) groups excluding carboxylic acids is 1. The summed E-state index contributed by atoms with van der Waals surface area (Å²) in [5.41, 5.74) is 1.56. The van der Waals surface area contributed by atoms with Crippen molar-refractivity contribution in [3.63, 3.8) is 0 Å². The number of carbonyl (C=O) groups is 1. The average molecular weight is 621 g/mol. The van der Waals surface area contributed by atoms with Gasteiger partial charge in [-0.1, -0.05) is 34.1 Å². The number of amides is 1. The lowest BCUT2D eigenvalue weighted by atomic mass is 10.1. The minimum absolute atomic E-state index is 0.0152. The van der Waals surface area contributed by atoms with Crippen molar-refractivity contribution in [1.82, 2.24) is 5.32 Å². The number of sulfonamides is 1. The molecular formula is C28H34BrN3O6S. The number of alkyl carbamates (subject to hydrolysis) is 1. The van der Waals surface area contributed by atoms with E-state index in [1.165, 1.54) is 13.2 Å². The van der Waals surface area contributed by atoms with E-state index in [4.69, 9.17) is 14.2 Å². The summed E-state index contributed by atoms with van der Waals surface area (Å²) in [6, 6.07) is 19.5. The normalized spacial score (nSPS) is 11.4. The summed E-state index contributed by atoms with van der Waals surface area (Å²) in [6.45, 7) is 6.68. The van der Waals surface area contributed by atoms with Gasteiger partial charge >= 0.3 is 6.09 Å². The number of nitrogens with one attached hydrogen (secondary N) is 2. The minimum atomic E-state index is -3.94. The number of nitrogens with zero attached hydrogens (tertiary/aromatic N) is 1. The summed E-state index contributed by atoms with van der Waals surface area (Å²) in [6.07, 6.45) is -0.503. The Hall–Kier alpha value is -3.44. The van der Waals surface area contributed by atoms with Crippen LogP contribution in [0.4, 0.5) is 16.2 Å². The van der Waals surface area contributed by atoms with E-state index in [0.29, 0.717) is 29.8 Å². The molecule has 0 saturated heterocycles. The predicted molar refractivity (Wildman–Crippen MR) is 156 cm³/mol. The van der Waals surface area contributed by atoms with Crippen LogP contribution in [0.3, 0.4) is 0 Å². The predicted octanol–water partition coefficient (Wildman–Crippen LogP) is 5.80. The molecule has 0 heterocycles. The fourth-order valence-electron chi connectivity index (χ4n) is 3.69. The second-order valence-corrected chi connectivity index (χ2v) is 12.2. The Kier molecular flexibility index (Phi) is 10.1. The monoisotopic (exact) mass is 619 g/mol. The first-order valence-electron chi connectivity index (χ1n) is 12.2. The number of anilines is 2. The highest BCUT2D eigenvalue weighted by atomic mass is 79.9. The number of hydrogen-bond acceptors (Lipinski definition) is 7. The summed E-state index contributed by atoms with van der Waals surface area (Å²) in [5, 5.41) is 2.78. The van der Waals surface area contributed by atoms with Crippen molar-refractivity contribution in [2.75, 3.05) is 36.9 Å². The summed E-state index contributed by atoms with van der Waals surface area (Å²) in [4.78, 5) is 14.2. The zero-order valence-corrected chi connectivity index (χ0v) is 25.1. The van der Waals surface area contributed by atoms with Gasteiger partial charge in [-0.25, -0.2) is 13.2 Å². The summed E-state index contributed by atoms with van der Waals surface area (Å²) in [5.74, 6) is 0.979. The topological polar surface area (TPSA) is 106 Å². The molecule has 11 heteroatoms. The van der Waals surface area contributed by atoms with Crippen molar-refractivity contribution in [3.8, 4) is 11.5 Å². The molecule has 0 aliphatic heterocycles. The highest BCUT2D eigenvalue weighted by Crippen LogP contribution is 2.30. The van der Waals surface area contributed by atoms with Crippen molar-refractivity contribution in [2.24, 2.45) is 0 Å². The molecule has 0 aromatic heterocycles. The van der Waals surface area contributed by atoms with Gasteiger partial charge in [0.1, 0.15) is 22.0 Å². The first-order chi connectivity index (χ1) is 18.4. The van der Waals surface area contributed by atoms with Crippen LogP contribution in [0.25, 0.3) is 0 Å². The zero-order valence-electron chi connectivity index (χ0n) is 22.7. The van der Waals surface area contributed by atoms with Gasteiger partial charge in [-0.05, 0) is 74.9 Å². The van der Waals surface area contributed by atoms with Crippen molar-refractivity contribution in [1.29, 1.82) is 0 Å². The van der Waals surface area contributed by atoms with Crippen molar-refractivity contribution < 1.29 is 27.4 Å². The molecule has 9 nitrogen and oxygen atoms in total. The highest BCUT2D eigenvalue weighted by molar-refractivity contribution is 9.10. The summed E-state index contributed by atoms with van der Waals surface area (Å²) < 4.78 is 45.6. The van der Waals surface area contributed by atoms with E-state index in [9.17, 15) is 13.2 Å². The summed E-state index contributed by atoms with van der Waals surface area (Å²) in [7, 11) is -0.911. The Morgan fingerprint density at radius 3 is 2.33 bits per heavy atom. The Balaban J connectivity index is 1.84. The Labute approximate surface area is 238 Å². The lowest BCUT2D eigenvalue weighted by Gasteiger charge is -2.26. The first kappa shape index (κ1) is 30.1. The van der Waals surface area contributed by atoms with Crippen LogP contribution in [0, 0.1) is 0 Å². The Morgan fingerprint density at radius 1 is 0.974 bits per heavy atom. The second-order valence-electron chi connectivity index (χ2n) is 9.65. The van der Waals surface area contributed by atoms with Gasteiger partial charge in [-0.3, -0.25) is 4.72 Å². The molecule has 39 heavy (non-hydrogen) atoms. The highest BCUT2D eigenvalue weighted by Gasteiger charge is 2.21. The molecule has 0 spiro atoms. The maximum Gasteiger partial charge on any atom is 0.407 e.